The zero-order valence-electron chi connectivity index (χ0n) is 18.1. The Morgan fingerprint density at radius 3 is 2.39 bits per heavy atom. The van der Waals surface area contributed by atoms with E-state index in [2.05, 4.69) is 42.7 Å². The Hall–Kier alpha value is -1.30. The van der Waals surface area contributed by atoms with Gasteiger partial charge in [-0.05, 0) is 54.9 Å². The smallest absolute Gasteiger partial charge is 0.119 e. The number of nitrogens with zero attached hydrogens (tertiary/aromatic N) is 2. The van der Waals surface area contributed by atoms with Crippen LogP contribution in [0.5, 0.6) is 5.75 Å². The van der Waals surface area contributed by atoms with Crippen LogP contribution >= 0.6 is 0 Å². The molecule has 1 aromatic rings. The van der Waals surface area contributed by atoms with Gasteiger partial charge in [-0.15, -0.1) is 0 Å². The quantitative estimate of drug-likeness (QED) is 0.773. The number of methoxy groups -OCH3 is 1. The summed E-state index contributed by atoms with van der Waals surface area (Å²) in [5, 5.41) is 10.5. The Labute approximate surface area is 170 Å². The lowest BCUT2D eigenvalue weighted by Crippen LogP contribution is -2.49. The van der Waals surface area contributed by atoms with E-state index in [-0.39, 0.29) is 0 Å². The lowest BCUT2D eigenvalue weighted by molar-refractivity contribution is -0.0615. The van der Waals surface area contributed by atoms with Crippen LogP contribution in [0.4, 0.5) is 5.69 Å². The molecule has 3 atom stereocenters. The van der Waals surface area contributed by atoms with Gasteiger partial charge in [0.1, 0.15) is 5.75 Å². The van der Waals surface area contributed by atoms with E-state index in [4.69, 9.17) is 9.47 Å². The van der Waals surface area contributed by atoms with Crippen molar-refractivity contribution in [3.63, 3.8) is 0 Å². The lowest BCUT2D eigenvalue weighted by Gasteiger charge is -2.39. The van der Waals surface area contributed by atoms with Crippen LogP contribution in [0.1, 0.15) is 40.0 Å². The zero-order chi connectivity index (χ0) is 20.1. The van der Waals surface area contributed by atoms with E-state index < -0.39 is 6.10 Å². The number of rotatable bonds is 7. The van der Waals surface area contributed by atoms with Crippen LogP contribution in [0, 0.1) is 11.3 Å². The van der Waals surface area contributed by atoms with Gasteiger partial charge in [-0.3, -0.25) is 4.90 Å². The van der Waals surface area contributed by atoms with Crippen molar-refractivity contribution >= 4 is 5.69 Å². The van der Waals surface area contributed by atoms with Crippen LogP contribution in [-0.4, -0.2) is 68.7 Å². The molecule has 5 heteroatoms. The number of hydrogen-bond acceptors (Lipinski definition) is 5. The molecule has 3 rings (SSSR count). The van der Waals surface area contributed by atoms with Crippen LogP contribution in [-0.2, 0) is 4.74 Å². The Balaban J connectivity index is 1.38. The summed E-state index contributed by atoms with van der Waals surface area (Å²) in [4.78, 5) is 4.74. The monoisotopic (exact) mass is 390 g/mol. The van der Waals surface area contributed by atoms with Gasteiger partial charge in [0, 0.05) is 38.4 Å². The largest absolute Gasteiger partial charge is 0.497 e. The maximum atomic E-state index is 10.5. The average Bonchev–Trinajstić information content (AvgIpc) is 2.66. The second-order valence-corrected chi connectivity index (χ2v) is 9.51. The Morgan fingerprint density at radius 2 is 1.79 bits per heavy atom. The highest BCUT2D eigenvalue weighted by Crippen LogP contribution is 2.39. The fourth-order valence-electron chi connectivity index (χ4n) is 4.96. The first-order valence-electron chi connectivity index (χ1n) is 10.8. The molecule has 1 aromatic carbocycles. The molecule has 0 spiro atoms. The van der Waals surface area contributed by atoms with E-state index in [0.29, 0.717) is 30.6 Å². The maximum Gasteiger partial charge on any atom is 0.119 e. The third-order valence-corrected chi connectivity index (χ3v) is 6.15. The van der Waals surface area contributed by atoms with Crippen LogP contribution in [0.15, 0.2) is 24.3 Å². The van der Waals surface area contributed by atoms with Crippen molar-refractivity contribution in [1.82, 2.24) is 4.90 Å². The van der Waals surface area contributed by atoms with E-state index in [9.17, 15) is 5.11 Å². The Morgan fingerprint density at radius 1 is 1.11 bits per heavy atom. The summed E-state index contributed by atoms with van der Waals surface area (Å²) in [5.41, 5.74) is 1.59. The number of benzene rings is 1. The molecule has 158 valence electrons. The molecule has 0 aromatic heterocycles. The number of β-amino-alcohol motifs (C(OH)–C–C–N with tert-alkyl or cyclic N) is 1. The van der Waals surface area contributed by atoms with Crippen molar-refractivity contribution in [2.45, 2.75) is 52.2 Å². The minimum absolute atomic E-state index is 0.292. The van der Waals surface area contributed by atoms with Gasteiger partial charge >= 0.3 is 0 Å². The topological polar surface area (TPSA) is 45.2 Å². The van der Waals surface area contributed by atoms with Crippen LogP contribution in [0.2, 0.25) is 0 Å². The third-order valence-electron chi connectivity index (χ3n) is 6.15. The first-order chi connectivity index (χ1) is 13.3. The normalized spacial score (nSPS) is 26.8. The maximum absolute atomic E-state index is 10.5. The van der Waals surface area contributed by atoms with Crippen molar-refractivity contribution in [1.29, 1.82) is 0 Å². The zero-order valence-corrected chi connectivity index (χ0v) is 18.1. The van der Waals surface area contributed by atoms with Crippen molar-refractivity contribution in [2.75, 3.05) is 51.3 Å². The molecule has 1 heterocycles. The summed E-state index contributed by atoms with van der Waals surface area (Å²) in [7, 11) is 1.69. The molecule has 2 aliphatic rings. The van der Waals surface area contributed by atoms with Gasteiger partial charge in [-0.1, -0.05) is 20.8 Å². The van der Waals surface area contributed by atoms with Gasteiger partial charge in [0.2, 0.25) is 0 Å². The molecule has 5 nitrogen and oxygen atoms in total. The molecule has 1 aliphatic heterocycles. The van der Waals surface area contributed by atoms with E-state index in [1.807, 2.05) is 12.1 Å². The molecule has 1 saturated heterocycles. The highest BCUT2D eigenvalue weighted by atomic mass is 16.5. The molecule has 0 unspecified atom stereocenters. The molecule has 28 heavy (non-hydrogen) atoms. The molecular formula is C23H38N2O3. The standard InChI is InChI=1S/C23H38N2O3/c1-18-13-22(15-23(2,3)14-18)28-17-20(26)16-24-9-11-25(12-10-24)19-5-7-21(27-4)8-6-19/h5-8,18,20,22,26H,9-17H2,1-4H3/t18-,20+,22-/m1/s1. The first kappa shape index (κ1) is 21.4. The minimum Gasteiger partial charge on any atom is -0.497 e. The number of ether oxygens (including phenoxy) is 2. The fourth-order valence-corrected chi connectivity index (χ4v) is 4.96. The van der Waals surface area contributed by atoms with Crippen LogP contribution in [0.3, 0.4) is 0 Å². The highest BCUT2D eigenvalue weighted by molar-refractivity contribution is 5.49. The number of anilines is 1. The first-order valence-corrected chi connectivity index (χ1v) is 10.8. The number of aliphatic hydroxyl groups excluding tert-OH is 1. The molecule has 0 bridgehead atoms. The molecule has 1 saturated carbocycles. The number of piperazine rings is 1. The summed E-state index contributed by atoms with van der Waals surface area (Å²) in [5.74, 6) is 1.60. The van der Waals surface area contributed by atoms with Crippen LogP contribution < -0.4 is 9.64 Å². The van der Waals surface area contributed by atoms with E-state index in [1.54, 1.807) is 7.11 Å². The van der Waals surface area contributed by atoms with Gasteiger partial charge in [0.15, 0.2) is 0 Å². The Kier molecular flexibility index (Phi) is 7.24. The van der Waals surface area contributed by atoms with Gasteiger partial charge in [-0.2, -0.15) is 0 Å². The highest BCUT2D eigenvalue weighted by Gasteiger charge is 2.32. The SMILES string of the molecule is COc1ccc(N2CCN(C[C@H](O)CO[C@@H]3C[C@@H](C)CC(C)(C)C3)CC2)cc1. The summed E-state index contributed by atoms with van der Waals surface area (Å²) in [6.07, 6.45) is 3.38. The molecule has 1 N–H and O–H groups in total. The molecule has 0 radical (unpaired) electrons. The average molecular weight is 391 g/mol. The third kappa shape index (κ3) is 6.10. The summed E-state index contributed by atoms with van der Waals surface area (Å²) < 4.78 is 11.3. The summed E-state index contributed by atoms with van der Waals surface area (Å²) in [6.45, 7) is 12.0. The fraction of sp³-hybridized carbons (Fsp3) is 0.739. The van der Waals surface area contributed by atoms with Crippen molar-refractivity contribution < 1.29 is 14.6 Å². The van der Waals surface area contributed by atoms with Crippen molar-refractivity contribution in [3.05, 3.63) is 24.3 Å². The lowest BCUT2D eigenvalue weighted by atomic mass is 9.71. The molecule has 1 aliphatic carbocycles. The van der Waals surface area contributed by atoms with Gasteiger partial charge in [0.25, 0.3) is 0 Å². The molecule has 0 amide bonds. The van der Waals surface area contributed by atoms with Gasteiger partial charge in [0.05, 0.1) is 25.9 Å². The summed E-state index contributed by atoms with van der Waals surface area (Å²) in [6, 6.07) is 8.25. The van der Waals surface area contributed by atoms with Crippen molar-refractivity contribution in [2.24, 2.45) is 11.3 Å². The second kappa shape index (κ2) is 9.47. The minimum atomic E-state index is -0.409. The molecule has 2 fully saturated rings. The predicted molar refractivity (Wildman–Crippen MR) is 114 cm³/mol. The van der Waals surface area contributed by atoms with Crippen LogP contribution in [0.25, 0.3) is 0 Å². The van der Waals surface area contributed by atoms with Crippen molar-refractivity contribution in [3.8, 4) is 5.75 Å². The predicted octanol–water partition coefficient (Wildman–Crippen LogP) is 3.41. The van der Waals surface area contributed by atoms with E-state index in [0.717, 1.165) is 44.8 Å². The van der Waals surface area contributed by atoms with Gasteiger partial charge in [-0.25, -0.2) is 0 Å². The second-order valence-electron chi connectivity index (χ2n) is 9.51. The van der Waals surface area contributed by atoms with E-state index >= 15 is 0 Å². The summed E-state index contributed by atoms with van der Waals surface area (Å²) >= 11 is 0. The number of aliphatic hydroxyl groups is 1. The molecular weight excluding hydrogens is 352 g/mol. The Bertz CT molecular complexity index is 596. The van der Waals surface area contributed by atoms with E-state index in [1.165, 1.54) is 12.1 Å². The number of hydrogen-bond donors (Lipinski definition) is 1. The van der Waals surface area contributed by atoms with Gasteiger partial charge < -0.3 is 19.5 Å².